The van der Waals surface area contributed by atoms with Crippen LogP contribution in [0.25, 0.3) is 0 Å². The lowest BCUT2D eigenvalue weighted by Gasteiger charge is -2.26. The van der Waals surface area contributed by atoms with Crippen LogP contribution >= 0.6 is 24.0 Å². The molecule has 0 amide bonds. The first-order valence-corrected chi connectivity index (χ1v) is 9.91. The molecule has 0 bridgehead atoms. The van der Waals surface area contributed by atoms with Gasteiger partial charge in [0.25, 0.3) is 5.69 Å². The Morgan fingerprint density at radius 1 is 1.13 bits per heavy atom. The lowest BCUT2D eigenvalue weighted by Crippen LogP contribution is -2.44. The predicted molar refractivity (Wildman–Crippen MR) is 128 cm³/mol. The number of non-ortho nitro benzene ring substituents is 1. The number of nitro benzene ring substituents is 1. The van der Waals surface area contributed by atoms with Crippen molar-refractivity contribution in [2.24, 2.45) is 4.99 Å². The molecule has 168 valence electrons. The van der Waals surface area contributed by atoms with E-state index >= 15 is 0 Å². The first-order valence-electron chi connectivity index (χ1n) is 9.91. The summed E-state index contributed by atoms with van der Waals surface area (Å²) in [4.78, 5) is 17.2. The third kappa shape index (κ3) is 8.38. The van der Waals surface area contributed by atoms with Gasteiger partial charge >= 0.3 is 0 Å². The molecule has 2 N–H and O–H groups in total. The van der Waals surface area contributed by atoms with Gasteiger partial charge < -0.3 is 15.4 Å². The fourth-order valence-corrected chi connectivity index (χ4v) is 3.05. The van der Waals surface area contributed by atoms with E-state index in [-0.39, 0.29) is 35.5 Å². The molecule has 0 aromatic heterocycles. The number of nitrogens with one attached hydrogen (secondary N) is 2. The van der Waals surface area contributed by atoms with Crippen molar-refractivity contribution in [3.63, 3.8) is 0 Å². The maximum atomic E-state index is 13.9. The van der Waals surface area contributed by atoms with E-state index < -0.39 is 4.92 Å². The van der Waals surface area contributed by atoms with E-state index in [0.29, 0.717) is 31.2 Å². The Morgan fingerprint density at radius 2 is 1.84 bits per heavy atom. The van der Waals surface area contributed by atoms with E-state index in [9.17, 15) is 14.5 Å². The molecule has 31 heavy (non-hydrogen) atoms. The van der Waals surface area contributed by atoms with Crippen LogP contribution in [0.15, 0.2) is 53.5 Å². The number of morpholine rings is 1. The summed E-state index contributed by atoms with van der Waals surface area (Å²) in [7, 11) is 0. The number of nitro groups is 1. The van der Waals surface area contributed by atoms with E-state index in [1.165, 1.54) is 18.2 Å². The summed E-state index contributed by atoms with van der Waals surface area (Å²) in [5.74, 6) is 0.290. The molecule has 1 fully saturated rings. The molecule has 1 aliphatic rings. The lowest BCUT2D eigenvalue weighted by molar-refractivity contribution is -0.384. The smallest absolute Gasteiger partial charge is 0.269 e. The minimum absolute atomic E-state index is 0. The number of aliphatic imine (C=N–C) groups is 1. The van der Waals surface area contributed by atoms with Gasteiger partial charge in [0.15, 0.2) is 5.96 Å². The standard InChI is InChI=1S/C21H26FN5O3.HI/c22-20-4-2-1-3-18(20)16-25-21(23-9-10-26-11-13-30-14-12-26)24-15-17-5-7-19(8-6-17)27(28)29;/h1-8H,9-16H2,(H2,23,24,25);1H. The molecule has 0 radical (unpaired) electrons. The molecule has 0 saturated carbocycles. The van der Waals surface area contributed by atoms with Crippen molar-refractivity contribution in [2.45, 2.75) is 13.1 Å². The van der Waals surface area contributed by atoms with E-state index in [0.717, 1.165) is 38.4 Å². The van der Waals surface area contributed by atoms with Crippen molar-refractivity contribution in [1.82, 2.24) is 15.5 Å². The Balaban J connectivity index is 0.00000341. The van der Waals surface area contributed by atoms with E-state index in [2.05, 4.69) is 20.5 Å². The number of benzene rings is 2. The zero-order valence-corrected chi connectivity index (χ0v) is 19.5. The normalized spacial score (nSPS) is 14.5. The SMILES string of the molecule is I.O=[N+]([O-])c1ccc(CN=C(NCCN2CCOCC2)NCc2ccccc2F)cc1. The minimum Gasteiger partial charge on any atom is -0.379 e. The van der Waals surface area contributed by atoms with E-state index in [4.69, 9.17) is 4.74 Å². The third-order valence-corrected chi connectivity index (χ3v) is 4.80. The highest BCUT2D eigenvalue weighted by Crippen LogP contribution is 2.12. The summed E-state index contributed by atoms with van der Waals surface area (Å²) in [5, 5.41) is 17.2. The molecule has 0 unspecified atom stereocenters. The van der Waals surface area contributed by atoms with Crippen molar-refractivity contribution < 1.29 is 14.1 Å². The van der Waals surface area contributed by atoms with E-state index in [1.54, 1.807) is 30.3 Å². The Labute approximate surface area is 198 Å². The molecular weight excluding hydrogens is 516 g/mol. The summed E-state index contributed by atoms with van der Waals surface area (Å²) in [6.07, 6.45) is 0. The number of halogens is 2. The Kier molecular flexibility index (Phi) is 10.6. The van der Waals surface area contributed by atoms with Crippen molar-refractivity contribution >= 4 is 35.6 Å². The highest BCUT2D eigenvalue weighted by molar-refractivity contribution is 14.0. The fourth-order valence-electron chi connectivity index (χ4n) is 3.05. The fraction of sp³-hybridized carbons (Fsp3) is 0.381. The number of nitrogens with zero attached hydrogens (tertiary/aromatic N) is 3. The predicted octanol–water partition coefficient (Wildman–Crippen LogP) is 2.92. The Morgan fingerprint density at radius 3 is 2.52 bits per heavy atom. The number of rotatable bonds is 8. The first kappa shape index (κ1) is 25.0. The number of guanidine groups is 1. The Bertz CT molecular complexity index is 860. The highest BCUT2D eigenvalue weighted by Gasteiger charge is 2.10. The Hall–Kier alpha value is -2.31. The summed E-state index contributed by atoms with van der Waals surface area (Å²) in [6.45, 7) is 5.47. The van der Waals surface area contributed by atoms with Crippen LogP contribution in [-0.2, 0) is 17.8 Å². The van der Waals surface area contributed by atoms with Gasteiger partial charge in [-0.2, -0.15) is 0 Å². The highest BCUT2D eigenvalue weighted by atomic mass is 127. The molecule has 0 aliphatic carbocycles. The monoisotopic (exact) mass is 543 g/mol. The van der Waals surface area contributed by atoms with Crippen LogP contribution in [0.5, 0.6) is 0 Å². The molecule has 1 heterocycles. The average Bonchev–Trinajstić information content (AvgIpc) is 2.77. The molecule has 0 atom stereocenters. The average molecular weight is 543 g/mol. The zero-order valence-electron chi connectivity index (χ0n) is 17.1. The molecule has 0 spiro atoms. The van der Waals surface area contributed by atoms with Crippen molar-refractivity contribution in [1.29, 1.82) is 0 Å². The number of hydrogen-bond acceptors (Lipinski definition) is 5. The summed E-state index contributed by atoms with van der Waals surface area (Å²) in [5.41, 5.74) is 1.44. The van der Waals surface area contributed by atoms with Crippen LogP contribution < -0.4 is 10.6 Å². The second-order valence-corrected chi connectivity index (χ2v) is 6.91. The second-order valence-electron chi connectivity index (χ2n) is 6.91. The maximum absolute atomic E-state index is 13.9. The van der Waals surface area contributed by atoms with Crippen LogP contribution in [0.3, 0.4) is 0 Å². The van der Waals surface area contributed by atoms with Gasteiger partial charge in [-0.1, -0.05) is 30.3 Å². The molecule has 3 rings (SSSR count). The summed E-state index contributed by atoms with van der Waals surface area (Å²) >= 11 is 0. The van der Waals surface area contributed by atoms with Crippen LogP contribution in [-0.4, -0.2) is 55.2 Å². The van der Waals surface area contributed by atoms with Gasteiger partial charge in [-0.05, 0) is 11.6 Å². The largest absolute Gasteiger partial charge is 0.379 e. The van der Waals surface area contributed by atoms with Crippen molar-refractivity contribution in [2.75, 3.05) is 39.4 Å². The third-order valence-electron chi connectivity index (χ3n) is 4.80. The maximum Gasteiger partial charge on any atom is 0.269 e. The molecule has 8 nitrogen and oxygen atoms in total. The molecule has 2 aromatic rings. The zero-order chi connectivity index (χ0) is 21.2. The van der Waals surface area contributed by atoms with Crippen molar-refractivity contribution in [3.8, 4) is 0 Å². The van der Waals surface area contributed by atoms with Gasteiger partial charge in [0.05, 0.1) is 24.7 Å². The topological polar surface area (TPSA) is 92.0 Å². The van der Waals surface area contributed by atoms with Gasteiger partial charge in [-0.25, -0.2) is 9.38 Å². The van der Waals surface area contributed by atoms with Crippen LogP contribution in [0.4, 0.5) is 10.1 Å². The molecule has 10 heteroatoms. The molecule has 1 saturated heterocycles. The van der Waals surface area contributed by atoms with Gasteiger partial charge in [-0.3, -0.25) is 15.0 Å². The number of ether oxygens (including phenoxy) is 1. The van der Waals surface area contributed by atoms with Gasteiger partial charge in [0.1, 0.15) is 5.82 Å². The van der Waals surface area contributed by atoms with Crippen LogP contribution in [0.1, 0.15) is 11.1 Å². The quantitative estimate of drug-likeness (QED) is 0.175. The molecule has 1 aliphatic heterocycles. The van der Waals surface area contributed by atoms with Crippen LogP contribution in [0.2, 0.25) is 0 Å². The van der Waals surface area contributed by atoms with Gasteiger partial charge in [0, 0.05) is 50.4 Å². The van der Waals surface area contributed by atoms with Crippen LogP contribution in [0, 0.1) is 15.9 Å². The van der Waals surface area contributed by atoms with Crippen molar-refractivity contribution in [3.05, 3.63) is 75.6 Å². The number of hydrogen-bond donors (Lipinski definition) is 2. The lowest BCUT2D eigenvalue weighted by atomic mass is 10.2. The molecular formula is C21H27FIN5O3. The van der Waals surface area contributed by atoms with Gasteiger partial charge in [-0.15, -0.1) is 24.0 Å². The minimum atomic E-state index is -0.429. The summed E-state index contributed by atoms with van der Waals surface area (Å²) in [6, 6.07) is 12.9. The molecule has 2 aromatic carbocycles. The van der Waals surface area contributed by atoms with E-state index in [1.807, 2.05) is 0 Å². The second kappa shape index (κ2) is 13.2. The summed E-state index contributed by atoms with van der Waals surface area (Å²) < 4.78 is 19.3. The van der Waals surface area contributed by atoms with Gasteiger partial charge in [0.2, 0.25) is 0 Å². The first-order chi connectivity index (χ1) is 14.6.